The van der Waals surface area contributed by atoms with Gasteiger partial charge in [-0.1, -0.05) is 0 Å². The third kappa shape index (κ3) is 2.43. The van der Waals surface area contributed by atoms with Crippen LogP contribution in [0.25, 0.3) is 0 Å². The van der Waals surface area contributed by atoms with E-state index in [1.165, 1.54) is 0 Å². The predicted molar refractivity (Wildman–Crippen MR) is 57.6 cm³/mol. The van der Waals surface area contributed by atoms with Gasteiger partial charge in [0.05, 0.1) is 30.8 Å². The predicted octanol–water partition coefficient (Wildman–Crippen LogP) is 0.160. The first kappa shape index (κ1) is 10.3. The maximum Gasteiger partial charge on any atom is 0.147 e. The van der Waals surface area contributed by atoms with Crippen LogP contribution in [0.15, 0.2) is 12.4 Å². The molecule has 1 aromatic heterocycles. The van der Waals surface area contributed by atoms with Gasteiger partial charge in [-0.2, -0.15) is 0 Å². The van der Waals surface area contributed by atoms with Crippen LogP contribution in [-0.4, -0.2) is 35.8 Å². The summed E-state index contributed by atoms with van der Waals surface area (Å²) in [7, 11) is 0. The fourth-order valence-electron chi connectivity index (χ4n) is 1.64. The topological polar surface area (TPSA) is 64.3 Å². The average molecular weight is 208 g/mol. The molecule has 0 bridgehead atoms. The molecule has 0 saturated carbocycles. The van der Waals surface area contributed by atoms with Crippen molar-refractivity contribution in [2.24, 2.45) is 5.73 Å². The highest BCUT2D eigenvalue weighted by Crippen LogP contribution is 2.13. The number of hydrogen-bond donors (Lipinski definition) is 1. The fourth-order valence-corrected chi connectivity index (χ4v) is 1.64. The molecule has 0 aliphatic carbocycles. The van der Waals surface area contributed by atoms with Gasteiger partial charge < -0.3 is 15.4 Å². The lowest BCUT2D eigenvalue weighted by Crippen LogP contribution is -2.41. The molecule has 1 aromatic rings. The highest BCUT2D eigenvalue weighted by atomic mass is 16.5. The lowest BCUT2D eigenvalue weighted by Gasteiger charge is -2.31. The zero-order chi connectivity index (χ0) is 10.7. The van der Waals surface area contributed by atoms with Crippen molar-refractivity contribution in [3.63, 3.8) is 0 Å². The van der Waals surface area contributed by atoms with Crippen molar-refractivity contribution >= 4 is 5.82 Å². The van der Waals surface area contributed by atoms with Crippen LogP contribution < -0.4 is 10.6 Å². The molecule has 0 radical (unpaired) electrons. The van der Waals surface area contributed by atoms with Crippen LogP contribution in [0.3, 0.4) is 0 Å². The van der Waals surface area contributed by atoms with Gasteiger partial charge in [0, 0.05) is 19.6 Å². The number of aromatic nitrogens is 2. The molecule has 1 aliphatic rings. The number of rotatable bonds is 2. The summed E-state index contributed by atoms with van der Waals surface area (Å²) >= 11 is 0. The van der Waals surface area contributed by atoms with Crippen LogP contribution in [0.5, 0.6) is 0 Å². The molecule has 2 N–H and O–H groups in total. The summed E-state index contributed by atoms with van der Waals surface area (Å²) in [5.41, 5.74) is 6.28. The molecule has 1 saturated heterocycles. The number of morpholine rings is 1. The van der Waals surface area contributed by atoms with Gasteiger partial charge in [-0.3, -0.25) is 4.98 Å². The Morgan fingerprint density at radius 2 is 2.40 bits per heavy atom. The first-order chi connectivity index (χ1) is 7.29. The summed E-state index contributed by atoms with van der Waals surface area (Å²) in [6.45, 7) is 5.00. The number of anilines is 1. The molecule has 5 nitrogen and oxygen atoms in total. The largest absolute Gasteiger partial charge is 0.375 e. The van der Waals surface area contributed by atoms with E-state index in [2.05, 4.69) is 21.8 Å². The van der Waals surface area contributed by atoms with Crippen molar-refractivity contribution < 1.29 is 4.74 Å². The van der Waals surface area contributed by atoms with Crippen molar-refractivity contribution in [1.82, 2.24) is 9.97 Å². The normalized spacial score (nSPS) is 21.7. The third-order valence-electron chi connectivity index (χ3n) is 2.47. The van der Waals surface area contributed by atoms with Crippen molar-refractivity contribution in [2.45, 2.75) is 19.6 Å². The lowest BCUT2D eigenvalue weighted by molar-refractivity contribution is 0.0529. The Labute approximate surface area is 89.3 Å². The Hall–Kier alpha value is -1.20. The second-order valence-electron chi connectivity index (χ2n) is 3.70. The first-order valence-electron chi connectivity index (χ1n) is 5.17. The van der Waals surface area contributed by atoms with E-state index in [1.54, 1.807) is 12.4 Å². The molecule has 1 aliphatic heterocycles. The number of nitrogens with zero attached hydrogens (tertiary/aromatic N) is 3. The molecule has 0 spiro atoms. The van der Waals surface area contributed by atoms with Gasteiger partial charge in [0.1, 0.15) is 5.82 Å². The standard InChI is InChI=1S/C10H16N4O/c1-8-7-14(2-3-15-8)10-6-12-9(4-11)5-13-10/h5-6,8H,2-4,7,11H2,1H3. The summed E-state index contributed by atoms with van der Waals surface area (Å²) in [6.07, 6.45) is 3.77. The summed E-state index contributed by atoms with van der Waals surface area (Å²) in [5.74, 6) is 0.905. The van der Waals surface area contributed by atoms with Crippen molar-refractivity contribution in [2.75, 3.05) is 24.6 Å². The van der Waals surface area contributed by atoms with Crippen LogP contribution in [0, 0.1) is 0 Å². The van der Waals surface area contributed by atoms with Gasteiger partial charge in [-0.15, -0.1) is 0 Å². The van der Waals surface area contributed by atoms with Crippen LogP contribution in [0.4, 0.5) is 5.82 Å². The first-order valence-corrected chi connectivity index (χ1v) is 5.17. The molecule has 0 aromatic carbocycles. The molecule has 82 valence electrons. The maximum absolute atomic E-state index is 5.46. The molecular formula is C10H16N4O. The quantitative estimate of drug-likeness (QED) is 0.750. The molecular weight excluding hydrogens is 192 g/mol. The molecule has 1 fully saturated rings. The summed E-state index contributed by atoms with van der Waals surface area (Å²) < 4.78 is 5.46. The van der Waals surface area contributed by atoms with Gasteiger partial charge in [0.2, 0.25) is 0 Å². The van der Waals surface area contributed by atoms with Crippen molar-refractivity contribution in [3.8, 4) is 0 Å². The molecule has 2 heterocycles. The van der Waals surface area contributed by atoms with E-state index in [-0.39, 0.29) is 6.10 Å². The second-order valence-corrected chi connectivity index (χ2v) is 3.70. The Morgan fingerprint density at radius 3 is 3.00 bits per heavy atom. The number of hydrogen-bond acceptors (Lipinski definition) is 5. The van der Waals surface area contributed by atoms with Gasteiger partial charge in [0.15, 0.2) is 0 Å². The zero-order valence-electron chi connectivity index (χ0n) is 8.89. The van der Waals surface area contributed by atoms with E-state index in [1.807, 2.05) is 0 Å². The fraction of sp³-hybridized carbons (Fsp3) is 0.600. The SMILES string of the molecule is CC1CN(c2cnc(CN)cn2)CCO1. The molecule has 1 unspecified atom stereocenters. The maximum atomic E-state index is 5.46. The van der Waals surface area contributed by atoms with E-state index >= 15 is 0 Å². The van der Waals surface area contributed by atoms with Crippen LogP contribution in [0.1, 0.15) is 12.6 Å². The van der Waals surface area contributed by atoms with Gasteiger partial charge in [-0.05, 0) is 6.92 Å². The lowest BCUT2D eigenvalue weighted by atomic mass is 10.3. The Balaban J connectivity index is 2.07. The van der Waals surface area contributed by atoms with E-state index in [0.29, 0.717) is 6.54 Å². The van der Waals surface area contributed by atoms with E-state index in [4.69, 9.17) is 10.5 Å². The summed E-state index contributed by atoms with van der Waals surface area (Å²) in [5, 5.41) is 0. The minimum absolute atomic E-state index is 0.259. The number of ether oxygens (including phenoxy) is 1. The molecule has 15 heavy (non-hydrogen) atoms. The Morgan fingerprint density at radius 1 is 1.53 bits per heavy atom. The summed E-state index contributed by atoms with van der Waals surface area (Å²) in [6, 6.07) is 0. The monoisotopic (exact) mass is 208 g/mol. The minimum atomic E-state index is 0.259. The highest BCUT2D eigenvalue weighted by Gasteiger charge is 2.17. The van der Waals surface area contributed by atoms with E-state index in [9.17, 15) is 0 Å². The van der Waals surface area contributed by atoms with Crippen LogP contribution >= 0.6 is 0 Å². The smallest absolute Gasteiger partial charge is 0.147 e. The molecule has 0 amide bonds. The highest BCUT2D eigenvalue weighted by molar-refractivity contribution is 5.36. The van der Waals surface area contributed by atoms with Crippen LogP contribution in [0.2, 0.25) is 0 Å². The van der Waals surface area contributed by atoms with Gasteiger partial charge in [-0.25, -0.2) is 4.98 Å². The van der Waals surface area contributed by atoms with Gasteiger partial charge >= 0.3 is 0 Å². The van der Waals surface area contributed by atoms with E-state index < -0.39 is 0 Å². The minimum Gasteiger partial charge on any atom is -0.375 e. The second kappa shape index (κ2) is 4.55. The summed E-state index contributed by atoms with van der Waals surface area (Å²) in [4.78, 5) is 10.7. The van der Waals surface area contributed by atoms with Crippen molar-refractivity contribution in [3.05, 3.63) is 18.1 Å². The third-order valence-corrected chi connectivity index (χ3v) is 2.47. The van der Waals surface area contributed by atoms with E-state index in [0.717, 1.165) is 31.2 Å². The average Bonchev–Trinajstić information content (AvgIpc) is 2.29. The van der Waals surface area contributed by atoms with Crippen LogP contribution in [-0.2, 0) is 11.3 Å². The zero-order valence-corrected chi connectivity index (χ0v) is 8.89. The molecule has 5 heteroatoms. The Bertz CT molecular complexity index is 314. The van der Waals surface area contributed by atoms with Gasteiger partial charge in [0.25, 0.3) is 0 Å². The molecule has 2 rings (SSSR count). The number of nitrogens with two attached hydrogens (primary N) is 1. The molecule has 1 atom stereocenters. The Kier molecular flexibility index (Phi) is 3.13. The van der Waals surface area contributed by atoms with Crippen molar-refractivity contribution in [1.29, 1.82) is 0 Å².